The molecule has 0 aliphatic heterocycles. The Labute approximate surface area is 192 Å². The summed E-state index contributed by atoms with van der Waals surface area (Å²) in [6, 6.07) is 23.0. The lowest BCUT2D eigenvalue weighted by molar-refractivity contribution is 0.422. The highest BCUT2D eigenvalue weighted by Gasteiger charge is 2.18. The highest BCUT2D eigenvalue weighted by Crippen LogP contribution is 2.22. The van der Waals surface area contributed by atoms with Gasteiger partial charge in [0.1, 0.15) is 4.60 Å². The molecule has 4 rings (SSSR count). The lowest BCUT2D eigenvalue weighted by Gasteiger charge is -2.08. The molecule has 0 fully saturated rings. The molecule has 2 aromatic heterocycles. The average Bonchev–Trinajstić information content (AvgIpc) is 2.78. The number of rotatable bonds is 3. The molecule has 0 unspecified atom stereocenters. The van der Waals surface area contributed by atoms with E-state index in [9.17, 15) is 10.0 Å². The van der Waals surface area contributed by atoms with Crippen molar-refractivity contribution in [2.75, 3.05) is 0 Å². The summed E-state index contributed by atoms with van der Waals surface area (Å²) in [6.45, 7) is 2.02. The van der Waals surface area contributed by atoms with Crippen LogP contribution in [0.3, 0.4) is 0 Å². The fourth-order valence-corrected chi connectivity index (χ4v) is 3.26. The van der Waals surface area contributed by atoms with Gasteiger partial charge in [-0.05, 0) is 56.5 Å². The Balaban J connectivity index is 0.000000239. The molecule has 0 aliphatic rings. The van der Waals surface area contributed by atoms with Crippen LogP contribution in [0, 0.1) is 6.92 Å². The first-order valence-electron chi connectivity index (χ1n) is 9.07. The SMILES string of the molecule is Cc1cc(Br)ncc1Br.OB(O)c1nc(-c2ccccc2)cc(-c2ccccc2)n1. The predicted molar refractivity (Wildman–Crippen MR) is 127 cm³/mol. The second-order valence-electron chi connectivity index (χ2n) is 6.36. The third-order valence-electron chi connectivity index (χ3n) is 4.13. The fourth-order valence-electron chi connectivity index (χ4n) is 2.60. The highest BCUT2D eigenvalue weighted by atomic mass is 79.9. The van der Waals surface area contributed by atoms with E-state index in [0.29, 0.717) is 11.4 Å². The predicted octanol–water partition coefficient (Wildman–Crippen LogP) is 4.41. The molecule has 2 N–H and O–H groups in total. The third-order valence-corrected chi connectivity index (χ3v) is 5.39. The molecule has 0 saturated heterocycles. The summed E-state index contributed by atoms with van der Waals surface area (Å²) in [5, 5.41) is 18.8. The molecule has 150 valence electrons. The average molecular weight is 527 g/mol. The minimum absolute atomic E-state index is 0.00444. The number of pyridine rings is 1. The molecule has 0 saturated carbocycles. The molecular weight excluding hydrogens is 509 g/mol. The Morgan fingerprint density at radius 1 is 0.767 bits per heavy atom. The number of hydrogen-bond acceptors (Lipinski definition) is 5. The van der Waals surface area contributed by atoms with E-state index in [4.69, 9.17) is 0 Å². The molecule has 4 aromatic rings. The number of aromatic nitrogens is 3. The normalized spacial score (nSPS) is 10.2. The van der Waals surface area contributed by atoms with Crippen molar-refractivity contribution < 1.29 is 10.0 Å². The summed E-state index contributed by atoms with van der Waals surface area (Å²) in [7, 11) is -1.70. The molecule has 0 atom stereocenters. The minimum atomic E-state index is -1.70. The van der Waals surface area contributed by atoms with E-state index in [1.807, 2.05) is 79.7 Å². The molecule has 2 aromatic carbocycles. The van der Waals surface area contributed by atoms with Crippen LogP contribution in [0.1, 0.15) is 5.56 Å². The van der Waals surface area contributed by atoms with Crippen LogP contribution in [0.25, 0.3) is 22.5 Å². The van der Waals surface area contributed by atoms with Crippen molar-refractivity contribution in [3.8, 4) is 22.5 Å². The van der Waals surface area contributed by atoms with Gasteiger partial charge in [-0.3, -0.25) is 0 Å². The van der Waals surface area contributed by atoms with Crippen molar-refractivity contribution in [3.63, 3.8) is 0 Å². The third kappa shape index (κ3) is 6.06. The molecule has 0 amide bonds. The van der Waals surface area contributed by atoms with Crippen LogP contribution in [0.4, 0.5) is 0 Å². The zero-order chi connectivity index (χ0) is 21.5. The first-order chi connectivity index (χ1) is 14.4. The Hall–Kier alpha value is -2.39. The van der Waals surface area contributed by atoms with Gasteiger partial charge in [-0.25, -0.2) is 15.0 Å². The Kier molecular flexibility index (Phi) is 7.87. The molecule has 0 spiro atoms. The van der Waals surface area contributed by atoms with Crippen LogP contribution in [-0.2, 0) is 0 Å². The van der Waals surface area contributed by atoms with Crippen LogP contribution < -0.4 is 5.72 Å². The van der Waals surface area contributed by atoms with Crippen LogP contribution in [0.5, 0.6) is 0 Å². The fraction of sp³-hybridized carbons (Fsp3) is 0.0455. The highest BCUT2D eigenvalue weighted by molar-refractivity contribution is 9.11. The van der Waals surface area contributed by atoms with Gasteiger partial charge in [0.2, 0.25) is 0 Å². The van der Waals surface area contributed by atoms with Gasteiger partial charge in [0.15, 0.2) is 5.72 Å². The van der Waals surface area contributed by atoms with Crippen molar-refractivity contribution in [2.24, 2.45) is 0 Å². The zero-order valence-electron chi connectivity index (χ0n) is 16.1. The van der Waals surface area contributed by atoms with Crippen molar-refractivity contribution in [2.45, 2.75) is 6.92 Å². The first kappa shape index (κ1) is 22.3. The summed E-state index contributed by atoms with van der Waals surface area (Å²) in [5.74, 6) is 0. The van der Waals surface area contributed by atoms with Crippen molar-refractivity contribution in [3.05, 3.63) is 93.6 Å². The summed E-state index contributed by atoms with van der Waals surface area (Å²) in [4.78, 5) is 12.4. The van der Waals surface area contributed by atoms with Crippen molar-refractivity contribution in [1.29, 1.82) is 0 Å². The summed E-state index contributed by atoms with van der Waals surface area (Å²) in [6.07, 6.45) is 1.78. The minimum Gasteiger partial charge on any atom is -0.421 e. The quantitative estimate of drug-likeness (QED) is 0.305. The molecular formula is C22H18BBr2N3O2. The molecule has 0 bridgehead atoms. The van der Waals surface area contributed by atoms with Gasteiger partial charge in [-0.1, -0.05) is 60.7 Å². The Bertz CT molecular complexity index is 1060. The zero-order valence-corrected chi connectivity index (χ0v) is 19.2. The van der Waals surface area contributed by atoms with Crippen molar-refractivity contribution in [1.82, 2.24) is 15.0 Å². The van der Waals surface area contributed by atoms with E-state index in [0.717, 1.165) is 20.2 Å². The molecule has 0 aliphatic carbocycles. The van der Waals surface area contributed by atoms with Gasteiger partial charge in [0, 0.05) is 21.8 Å². The largest absolute Gasteiger partial charge is 0.528 e. The van der Waals surface area contributed by atoms with Gasteiger partial charge in [-0.2, -0.15) is 0 Å². The van der Waals surface area contributed by atoms with Gasteiger partial charge in [0.25, 0.3) is 0 Å². The van der Waals surface area contributed by atoms with Crippen molar-refractivity contribution >= 4 is 44.7 Å². The second kappa shape index (κ2) is 10.6. The standard InChI is InChI=1S/C16H13BN2O2.C6H5Br2N/c20-17(21)16-18-14(12-7-3-1-4-8-12)11-15(19-16)13-9-5-2-6-10-13;1-4-2-6(8)9-3-5(4)7/h1-11,20-21H;2-3H,1H3. The van der Waals surface area contributed by atoms with Crippen LogP contribution >= 0.6 is 31.9 Å². The molecule has 5 nitrogen and oxygen atoms in total. The topological polar surface area (TPSA) is 79.1 Å². The number of aryl methyl sites for hydroxylation is 1. The van der Waals surface area contributed by atoms with Crippen LogP contribution in [0.2, 0.25) is 0 Å². The van der Waals surface area contributed by atoms with Gasteiger partial charge in [0.05, 0.1) is 11.4 Å². The summed E-state index contributed by atoms with van der Waals surface area (Å²) >= 11 is 6.61. The monoisotopic (exact) mass is 525 g/mol. The summed E-state index contributed by atoms with van der Waals surface area (Å²) < 4.78 is 1.92. The number of benzene rings is 2. The van der Waals surface area contributed by atoms with Crippen LogP contribution in [-0.4, -0.2) is 32.1 Å². The first-order valence-corrected chi connectivity index (χ1v) is 10.7. The van der Waals surface area contributed by atoms with Crippen LogP contribution in [0.15, 0.2) is 88.1 Å². The number of hydrogen-bond donors (Lipinski definition) is 2. The van der Waals surface area contributed by atoms with Gasteiger partial charge >= 0.3 is 7.12 Å². The maximum absolute atomic E-state index is 9.40. The van der Waals surface area contributed by atoms with E-state index in [2.05, 4.69) is 46.8 Å². The molecule has 8 heteroatoms. The van der Waals surface area contributed by atoms with E-state index in [-0.39, 0.29) is 5.72 Å². The van der Waals surface area contributed by atoms with E-state index >= 15 is 0 Å². The van der Waals surface area contributed by atoms with E-state index < -0.39 is 7.12 Å². The van der Waals surface area contributed by atoms with E-state index in [1.165, 1.54) is 5.56 Å². The second-order valence-corrected chi connectivity index (χ2v) is 8.03. The number of halogens is 2. The lowest BCUT2D eigenvalue weighted by Crippen LogP contribution is -2.36. The molecule has 30 heavy (non-hydrogen) atoms. The smallest absolute Gasteiger partial charge is 0.421 e. The maximum Gasteiger partial charge on any atom is 0.528 e. The summed E-state index contributed by atoms with van der Waals surface area (Å²) in [5.41, 5.74) is 4.31. The van der Waals surface area contributed by atoms with Gasteiger partial charge in [-0.15, -0.1) is 0 Å². The lowest BCUT2D eigenvalue weighted by atomic mass is 9.90. The number of nitrogens with zero attached hydrogens (tertiary/aromatic N) is 3. The molecule has 2 heterocycles. The van der Waals surface area contributed by atoms with E-state index in [1.54, 1.807) is 6.20 Å². The molecule has 0 radical (unpaired) electrons. The Morgan fingerprint density at radius 3 is 1.67 bits per heavy atom. The van der Waals surface area contributed by atoms with Gasteiger partial charge < -0.3 is 10.0 Å². The Morgan fingerprint density at radius 2 is 1.27 bits per heavy atom. The maximum atomic E-state index is 9.40.